The SMILES string of the molecule is Fc1ccccc1-c1ccc(/C=C/c2nc3ccccc3s2)o1. The van der Waals surface area contributed by atoms with Crippen molar-refractivity contribution in [2.24, 2.45) is 0 Å². The Morgan fingerprint density at radius 2 is 1.74 bits per heavy atom. The van der Waals surface area contributed by atoms with Gasteiger partial charge in [-0.1, -0.05) is 24.3 Å². The third-order valence-electron chi connectivity index (χ3n) is 3.47. The van der Waals surface area contributed by atoms with Gasteiger partial charge in [-0.05, 0) is 48.6 Å². The second kappa shape index (κ2) is 5.82. The third-order valence-corrected chi connectivity index (χ3v) is 4.47. The van der Waals surface area contributed by atoms with E-state index in [-0.39, 0.29) is 5.82 Å². The van der Waals surface area contributed by atoms with Crippen LogP contribution < -0.4 is 0 Å². The smallest absolute Gasteiger partial charge is 0.137 e. The van der Waals surface area contributed by atoms with E-state index < -0.39 is 0 Å². The van der Waals surface area contributed by atoms with E-state index in [9.17, 15) is 4.39 Å². The van der Waals surface area contributed by atoms with Crippen LogP contribution in [0.25, 0.3) is 33.7 Å². The first-order valence-electron chi connectivity index (χ1n) is 7.18. The summed E-state index contributed by atoms with van der Waals surface area (Å²) in [5.41, 5.74) is 1.45. The Balaban J connectivity index is 1.61. The molecule has 4 rings (SSSR count). The van der Waals surface area contributed by atoms with E-state index in [1.165, 1.54) is 6.07 Å². The topological polar surface area (TPSA) is 26.0 Å². The number of hydrogen-bond donors (Lipinski definition) is 0. The van der Waals surface area contributed by atoms with Gasteiger partial charge in [0.25, 0.3) is 0 Å². The van der Waals surface area contributed by atoms with E-state index in [0.717, 1.165) is 15.2 Å². The van der Waals surface area contributed by atoms with Crippen LogP contribution in [0.3, 0.4) is 0 Å². The lowest BCUT2D eigenvalue weighted by Gasteiger charge is -1.97. The van der Waals surface area contributed by atoms with Gasteiger partial charge < -0.3 is 4.42 Å². The number of nitrogens with zero attached hydrogens (tertiary/aromatic N) is 1. The number of rotatable bonds is 3. The molecule has 2 aromatic heterocycles. The molecule has 112 valence electrons. The lowest BCUT2D eigenvalue weighted by Crippen LogP contribution is -1.79. The van der Waals surface area contributed by atoms with Gasteiger partial charge in [0, 0.05) is 0 Å². The molecule has 0 saturated heterocycles. The van der Waals surface area contributed by atoms with Gasteiger partial charge in [-0.2, -0.15) is 0 Å². The Hall–Kier alpha value is -2.72. The molecule has 4 heteroatoms. The fraction of sp³-hybridized carbons (Fsp3) is 0. The summed E-state index contributed by atoms with van der Waals surface area (Å²) in [7, 11) is 0. The Morgan fingerprint density at radius 1 is 0.913 bits per heavy atom. The zero-order chi connectivity index (χ0) is 15.6. The van der Waals surface area contributed by atoms with E-state index in [0.29, 0.717) is 17.1 Å². The molecule has 0 saturated carbocycles. The van der Waals surface area contributed by atoms with E-state index in [2.05, 4.69) is 4.98 Å². The number of fused-ring (bicyclic) bond motifs is 1. The van der Waals surface area contributed by atoms with Crippen molar-refractivity contribution in [2.75, 3.05) is 0 Å². The Bertz CT molecular complexity index is 966. The van der Waals surface area contributed by atoms with Crippen molar-refractivity contribution >= 4 is 33.7 Å². The minimum absolute atomic E-state index is 0.288. The summed E-state index contributed by atoms with van der Waals surface area (Å²) in [5.74, 6) is 0.901. The number of hydrogen-bond acceptors (Lipinski definition) is 3. The van der Waals surface area contributed by atoms with Crippen LogP contribution in [0.2, 0.25) is 0 Å². The van der Waals surface area contributed by atoms with Crippen LogP contribution in [0.4, 0.5) is 4.39 Å². The van der Waals surface area contributed by atoms with Crippen LogP contribution in [0.5, 0.6) is 0 Å². The average Bonchev–Trinajstić information content (AvgIpc) is 3.19. The molecule has 4 aromatic rings. The molecule has 0 atom stereocenters. The summed E-state index contributed by atoms with van der Waals surface area (Å²) in [4.78, 5) is 4.54. The molecule has 2 aromatic carbocycles. The van der Waals surface area contributed by atoms with Crippen LogP contribution in [0.1, 0.15) is 10.8 Å². The highest BCUT2D eigenvalue weighted by Gasteiger charge is 2.08. The largest absolute Gasteiger partial charge is 0.457 e. The van der Waals surface area contributed by atoms with Crippen LogP contribution in [-0.4, -0.2) is 4.98 Å². The molecular formula is C19H12FNOS. The second-order valence-corrected chi connectivity index (χ2v) is 6.10. The van der Waals surface area contributed by atoms with Gasteiger partial charge in [-0.15, -0.1) is 11.3 Å². The van der Waals surface area contributed by atoms with Gasteiger partial charge in [-0.25, -0.2) is 9.37 Å². The normalized spacial score (nSPS) is 11.5. The lowest BCUT2D eigenvalue weighted by molar-refractivity contribution is 0.561. The van der Waals surface area contributed by atoms with Gasteiger partial charge in [0.1, 0.15) is 22.3 Å². The summed E-state index contributed by atoms with van der Waals surface area (Å²) in [6.07, 6.45) is 3.76. The summed E-state index contributed by atoms with van der Waals surface area (Å²) in [6, 6.07) is 18.2. The van der Waals surface area contributed by atoms with Crippen LogP contribution in [0, 0.1) is 5.82 Å². The second-order valence-electron chi connectivity index (χ2n) is 5.04. The lowest BCUT2D eigenvalue weighted by atomic mass is 10.1. The molecule has 0 aliphatic rings. The van der Waals surface area contributed by atoms with E-state index in [4.69, 9.17) is 4.42 Å². The van der Waals surface area contributed by atoms with Crippen molar-refractivity contribution in [1.29, 1.82) is 0 Å². The highest BCUT2D eigenvalue weighted by Crippen LogP contribution is 2.27. The molecule has 2 heterocycles. The van der Waals surface area contributed by atoms with Gasteiger partial charge in [0.15, 0.2) is 0 Å². The quantitative estimate of drug-likeness (QED) is 0.472. The molecule has 0 N–H and O–H groups in total. The van der Waals surface area contributed by atoms with E-state index in [1.807, 2.05) is 42.5 Å². The number of aromatic nitrogens is 1. The van der Waals surface area contributed by atoms with Gasteiger partial charge in [-0.3, -0.25) is 0 Å². The number of para-hydroxylation sites is 1. The Morgan fingerprint density at radius 3 is 2.61 bits per heavy atom. The van der Waals surface area contributed by atoms with Crippen molar-refractivity contribution in [3.05, 3.63) is 77.2 Å². The first kappa shape index (κ1) is 13.9. The molecule has 0 aliphatic carbocycles. The zero-order valence-corrected chi connectivity index (χ0v) is 12.9. The highest BCUT2D eigenvalue weighted by molar-refractivity contribution is 7.19. The Labute approximate surface area is 136 Å². The number of halogens is 1. The minimum atomic E-state index is -0.288. The van der Waals surface area contributed by atoms with E-state index >= 15 is 0 Å². The van der Waals surface area contributed by atoms with Crippen LogP contribution in [0.15, 0.2) is 65.1 Å². The van der Waals surface area contributed by atoms with Crippen molar-refractivity contribution in [2.45, 2.75) is 0 Å². The number of benzene rings is 2. The van der Waals surface area contributed by atoms with Crippen molar-refractivity contribution in [1.82, 2.24) is 4.98 Å². The van der Waals surface area contributed by atoms with Crippen LogP contribution in [-0.2, 0) is 0 Å². The molecule has 0 amide bonds. The third kappa shape index (κ3) is 2.81. The molecule has 0 unspecified atom stereocenters. The minimum Gasteiger partial charge on any atom is -0.457 e. The average molecular weight is 321 g/mol. The summed E-state index contributed by atoms with van der Waals surface area (Å²) in [6.45, 7) is 0. The summed E-state index contributed by atoms with van der Waals surface area (Å²) in [5, 5.41) is 0.912. The van der Waals surface area contributed by atoms with Crippen LogP contribution >= 0.6 is 11.3 Å². The first-order valence-corrected chi connectivity index (χ1v) is 8.00. The predicted octanol–water partition coefficient (Wildman–Crippen LogP) is 5.87. The fourth-order valence-electron chi connectivity index (χ4n) is 2.36. The van der Waals surface area contributed by atoms with Crippen molar-refractivity contribution < 1.29 is 8.81 Å². The maximum Gasteiger partial charge on any atom is 0.137 e. The molecule has 0 fully saturated rings. The standard InChI is InChI=1S/C19H12FNOS/c20-15-6-2-1-5-14(15)17-11-9-13(22-17)10-12-19-21-16-7-3-4-8-18(16)23-19/h1-12H/b12-10+. The van der Waals surface area contributed by atoms with E-state index in [1.54, 1.807) is 35.6 Å². The molecule has 23 heavy (non-hydrogen) atoms. The molecule has 0 radical (unpaired) electrons. The fourth-order valence-corrected chi connectivity index (χ4v) is 3.23. The monoisotopic (exact) mass is 321 g/mol. The summed E-state index contributed by atoms with van der Waals surface area (Å²) >= 11 is 1.62. The van der Waals surface area contributed by atoms with Crippen molar-refractivity contribution in [3.8, 4) is 11.3 Å². The van der Waals surface area contributed by atoms with Gasteiger partial charge >= 0.3 is 0 Å². The zero-order valence-electron chi connectivity index (χ0n) is 12.1. The Kier molecular flexibility index (Phi) is 3.52. The van der Waals surface area contributed by atoms with Gasteiger partial charge in [0.05, 0.1) is 15.8 Å². The molecular weight excluding hydrogens is 309 g/mol. The first-order chi connectivity index (χ1) is 11.3. The number of thiazole rings is 1. The molecule has 0 bridgehead atoms. The highest BCUT2D eigenvalue weighted by atomic mass is 32.1. The van der Waals surface area contributed by atoms with Gasteiger partial charge in [0.2, 0.25) is 0 Å². The maximum absolute atomic E-state index is 13.8. The predicted molar refractivity (Wildman–Crippen MR) is 92.7 cm³/mol. The van der Waals surface area contributed by atoms with Crippen molar-refractivity contribution in [3.63, 3.8) is 0 Å². The molecule has 0 aliphatic heterocycles. The number of furan rings is 1. The molecule has 2 nitrogen and oxygen atoms in total. The molecule has 0 spiro atoms. The summed E-state index contributed by atoms with van der Waals surface area (Å²) < 4.78 is 20.6. The maximum atomic E-state index is 13.8.